The van der Waals surface area contributed by atoms with E-state index in [-0.39, 0.29) is 19.1 Å². The second kappa shape index (κ2) is 6.05. The van der Waals surface area contributed by atoms with Crippen molar-refractivity contribution in [3.05, 3.63) is 34.1 Å². The van der Waals surface area contributed by atoms with Crippen LogP contribution in [0.15, 0.2) is 21.3 Å². The zero-order valence-electron chi connectivity index (χ0n) is 12.2. The summed E-state index contributed by atoms with van der Waals surface area (Å²) in [5.41, 5.74) is -0.315. The Bertz CT molecular complexity index is 634. The molecule has 118 valence electrons. The number of hydrogen-bond donors (Lipinski definition) is 3. The van der Waals surface area contributed by atoms with Gasteiger partial charge < -0.3 is 20.3 Å². The summed E-state index contributed by atoms with van der Waals surface area (Å²) in [6, 6.07) is 1.45. The average Bonchev–Trinajstić information content (AvgIpc) is 3.02. The highest BCUT2D eigenvalue weighted by atomic mass is 32.1. The van der Waals surface area contributed by atoms with Gasteiger partial charge in [-0.05, 0) is 42.2 Å². The van der Waals surface area contributed by atoms with Crippen LogP contribution in [0.5, 0.6) is 0 Å². The lowest BCUT2D eigenvalue weighted by atomic mass is 9.99. The van der Waals surface area contributed by atoms with Crippen LogP contribution in [0.25, 0.3) is 0 Å². The first-order valence-corrected chi connectivity index (χ1v) is 8.08. The monoisotopic (exact) mass is 322 g/mol. The highest BCUT2D eigenvalue weighted by Gasteiger charge is 2.29. The molecular weight excluding hydrogens is 304 g/mol. The lowest BCUT2D eigenvalue weighted by Gasteiger charge is -2.22. The van der Waals surface area contributed by atoms with Gasteiger partial charge in [0.2, 0.25) is 5.89 Å². The van der Waals surface area contributed by atoms with Crippen molar-refractivity contribution in [1.29, 1.82) is 0 Å². The van der Waals surface area contributed by atoms with Crippen LogP contribution in [0, 0.1) is 0 Å². The topological polar surface area (TPSA) is 100 Å². The quantitative estimate of drug-likeness (QED) is 0.752. The van der Waals surface area contributed by atoms with Gasteiger partial charge in [-0.2, -0.15) is 16.3 Å². The molecule has 22 heavy (non-hydrogen) atoms. The molecule has 3 rings (SSSR count). The Morgan fingerprint density at radius 1 is 1.55 bits per heavy atom. The fraction of sp³-hybridized carbons (Fsp3) is 0.500. The molecule has 0 aromatic carbocycles. The van der Waals surface area contributed by atoms with Gasteiger partial charge in [-0.15, -0.1) is 0 Å². The third-order valence-corrected chi connectivity index (χ3v) is 4.25. The fourth-order valence-corrected chi connectivity index (χ4v) is 2.77. The Kier molecular flexibility index (Phi) is 4.12. The molecule has 2 aromatic rings. The van der Waals surface area contributed by atoms with Crippen molar-refractivity contribution in [2.24, 2.45) is 0 Å². The standard InChI is InChI=1S/C14H18N4O3S/c1-14(20,10-4-5-22-7-10)8-16-13(19)15-6-11-17-12(18-21-11)9-2-3-9/h4-5,7,9,20H,2-3,6,8H2,1H3,(H2,15,16,19). The van der Waals surface area contributed by atoms with Crippen LogP contribution in [0.3, 0.4) is 0 Å². The molecule has 0 saturated heterocycles. The maximum absolute atomic E-state index is 11.8. The highest BCUT2D eigenvalue weighted by molar-refractivity contribution is 7.08. The first-order valence-electron chi connectivity index (χ1n) is 7.14. The molecule has 1 aliphatic carbocycles. The zero-order valence-corrected chi connectivity index (χ0v) is 13.0. The fourth-order valence-electron chi connectivity index (χ4n) is 1.99. The Balaban J connectivity index is 1.44. The smallest absolute Gasteiger partial charge is 0.315 e. The van der Waals surface area contributed by atoms with Crippen LogP contribution >= 0.6 is 11.3 Å². The zero-order chi connectivity index (χ0) is 15.6. The summed E-state index contributed by atoms with van der Waals surface area (Å²) < 4.78 is 5.07. The first kappa shape index (κ1) is 15.0. The number of thiophene rings is 1. The Morgan fingerprint density at radius 3 is 3.05 bits per heavy atom. The number of aliphatic hydroxyl groups is 1. The van der Waals surface area contributed by atoms with Crippen LogP contribution < -0.4 is 10.6 Å². The number of amides is 2. The minimum absolute atomic E-state index is 0.118. The van der Waals surface area contributed by atoms with Crippen molar-refractivity contribution >= 4 is 17.4 Å². The second-order valence-electron chi connectivity index (χ2n) is 5.64. The number of nitrogens with zero attached hydrogens (tertiary/aromatic N) is 2. The maximum atomic E-state index is 11.8. The van der Waals surface area contributed by atoms with Crippen molar-refractivity contribution < 1.29 is 14.4 Å². The van der Waals surface area contributed by atoms with Crippen LogP contribution in [0.2, 0.25) is 0 Å². The molecule has 1 saturated carbocycles. The Hall–Kier alpha value is -1.93. The molecule has 2 heterocycles. The number of carbonyl (C=O) groups is 1. The summed E-state index contributed by atoms with van der Waals surface area (Å²) in [6.45, 7) is 1.95. The second-order valence-corrected chi connectivity index (χ2v) is 6.42. The van der Waals surface area contributed by atoms with Crippen molar-refractivity contribution in [2.75, 3.05) is 6.54 Å². The molecule has 1 unspecified atom stereocenters. The normalized spacial score (nSPS) is 17.0. The summed E-state index contributed by atoms with van der Waals surface area (Å²) in [7, 11) is 0. The summed E-state index contributed by atoms with van der Waals surface area (Å²) >= 11 is 1.50. The van der Waals surface area contributed by atoms with Crippen molar-refractivity contribution in [2.45, 2.75) is 37.8 Å². The van der Waals surface area contributed by atoms with Crippen molar-refractivity contribution in [3.8, 4) is 0 Å². The lowest BCUT2D eigenvalue weighted by molar-refractivity contribution is 0.0598. The number of rotatable bonds is 6. The minimum Gasteiger partial charge on any atom is -0.384 e. The van der Waals surface area contributed by atoms with Gasteiger partial charge in [0.25, 0.3) is 0 Å². The third kappa shape index (κ3) is 3.63. The van der Waals surface area contributed by atoms with Crippen LogP contribution in [-0.2, 0) is 12.1 Å². The predicted octanol–water partition coefficient (Wildman–Crippen LogP) is 1.72. The van der Waals surface area contributed by atoms with Gasteiger partial charge in [0, 0.05) is 5.92 Å². The van der Waals surface area contributed by atoms with Gasteiger partial charge in [0.05, 0.1) is 13.1 Å². The lowest BCUT2D eigenvalue weighted by Crippen LogP contribution is -2.43. The van der Waals surface area contributed by atoms with Gasteiger partial charge in [0.15, 0.2) is 5.82 Å². The number of carbonyl (C=O) groups excluding carboxylic acids is 1. The van der Waals surface area contributed by atoms with Gasteiger partial charge >= 0.3 is 6.03 Å². The van der Waals surface area contributed by atoms with E-state index in [0.29, 0.717) is 11.8 Å². The molecule has 0 bridgehead atoms. The molecule has 0 radical (unpaired) electrons. The SMILES string of the molecule is CC(O)(CNC(=O)NCc1nc(C2CC2)no1)c1ccsc1. The molecule has 1 fully saturated rings. The van der Waals surface area contributed by atoms with E-state index in [4.69, 9.17) is 4.52 Å². The van der Waals surface area contributed by atoms with E-state index < -0.39 is 5.60 Å². The Morgan fingerprint density at radius 2 is 2.36 bits per heavy atom. The molecule has 1 atom stereocenters. The van der Waals surface area contributed by atoms with Crippen LogP contribution in [0.4, 0.5) is 4.79 Å². The van der Waals surface area contributed by atoms with E-state index in [1.807, 2.05) is 16.8 Å². The molecule has 7 nitrogen and oxygen atoms in total. The molecule has 2 amide bonds. The molecule has 8 heteroatoms. The van der Waals surface area contributed by atoms with Gasteiger partial charge in [0.1, 0.15) is 5.60 Å². The largest absolute Gasteiger partial charge is 0.384 e. The summed E-state index contributed by atoms with van der Waals surface area (Å²) in [4.78, 5) is 16.0. The van der Waals surface area contributed by atoms with E-state index in [1.165, 1.54) is 11.3 Å². The van der Waals surface area contributed by atoms with Gasteiger partial charge in [-0.3, -0.25) is 0 Å². The number of nitrogens with one attached hydrogen (secondary N) is 2. The number of urea groups is 1. The average molecular weight is 322 g/mol. The maximum Gasteiger partial charge on any atom is 0.315 e. The molecular formula is C14H18N4O3S. The van der Waals surface area contributed by atoms with Gasteiger partial charge in [-0.1, -0.05) is 5.16 Å². The van der Waals surface area contributed by atoms with Gasteiger partial charge in [-0.25, -0.2) is 4.79 Å². The molecule has 0 spiro atoms. The van der Waals surface area contributed by atoms with E-state index in [2.05, 4.69) is 20.8 Å². The van der Waals surface area contributed by atoms with E-state index >= 15 is 0 Å². The molecule has 0 aliphatic heterocycles. The minimum atomic E-state index is -1.10. The number of aromatic nitrogens is 2. The van der Waals surface area contributed by atoms with Crippen molar-refractivity contribution in [1.82, 2.24) is 20.8 Å². The summed E-state index contributed by atoms with van der Waals surface area (Å²) in [5.74, 6) is 1.53. The molecule has 1 aliphatic rings. The van der Waals surface area contributed by atoms with E-state index in [1.54, 1.807) is 6.92 Å². The molecule has 3 N–H and O–H groups in total. The highest BCUT2D eigenvalue weighted by Crippen LogP contribution is 2.38. The molecule has 2 aromatic heterocycles. The van der Waals surface area contributed by atoms with Crippen LogP contribution in [0.1, 0.15) is 43.0 Å². The predicted molar refractivity (Wildman–Crippen MR) is 80.4 cm³/mol. The number of hydrogen-bond acceptors (Lipinski definition) is 6. The first-order chi connectivity index (χ1) is 10.5. The van der Waals surface area contributed by atoms with E-state index in [9.17, 15) is 9.90 Å². The van der Waals surface area contributed by atoms with Crippen molar-refractivity contribution in [3.63, 3.8) is 0 Å². The summed E-state index contributed by atoms with van der Waals surface area (Å²) in [5, 5.41) is 23.2. The third-order valence-electron chi connectivity index (χ3n) is 3.56. The Labute approximate surface area is 131 Å². The summed E-state index contributed by atoms with van der Waals surface area (Å²) in [6.07, 6.45) is 2.20. The van der Waals surface area contributed by atoms with Crippen LogP contribution in [-0.4, -0.2) is 27.8 Å². The van der Waals surface area contributed by atoms with E-state index in [0.717, 1.165) is 24.2 Å².